The second kappa shape index (κ2) is 13.1. The molecule has 39 heavy (non-hydrogen) atoms. The van der Waals surface area contributed by atoms with Gasteiger partial charge in [-0.1, -0.05) is 48.2 Å². The summed E-state index contributed by atoms with van der Waals surface area (Å²) in [6.45, 7) is 1.71. The number of imide groups is 1. The van der Waals surface area contributed by atoms with E-state index in [-0.39, 0.29) is 30.6 Å². The Morgan fingerprint density at radius 1 is 1.23 bits per heavy atom. The van der Waals surface area contributed by atoms with E-state index in [0.717, 1.165) is 23.4 Å². The Balaban J connectivity index is 1.67. The number of hydrogen-bond donors (Lipinski definition) is 6. The predicted molar refractivity (Wildman–Crippen MR) is 139 cm³/mol. The lowest BCUT2D eigenvalue weighted by Gasteiger charge is -2.29. The van der Waals surface area contributed by atoms with Crippen LogP contribution in [0.1, 0.15) is 19.4 Å². The van der Waals surface area contributed by atoms with Crippen molar-refractivity contribution in [3.05, 3.63) is 48.0 Å². The molecule has 2 heterocycles. The molecule has 0 saturated carbocycles. The number of aliphatic hydroxyl groups is 4. The highest BCUT2D eigenvalue weighted by atomic mass is 32.2. The maximum Gasteiger partial charge on any atom is 0.406 e. The van der Waals surface area contributed by atoms with E-state index in [2.05, 4.69) is 5.09 Å². The quantitative estimate of drug-likeness (QED) is 0.101. The number of amides is 2. The molecule has 3 unspecified atom stereocenters. The smallest absolute Gasteiger partial charge is 0.395 e. The standard InChI is InChI=1S/C24H33N2O11PS/c1-23(2,13-27)22(32)39-11-10-35-38(34,25-12-15-6-4-3-5-7-15)36-14-24(33)20(30)18(29)19(37-24)16-8-9-17(28)26-21(16)31/h3-9,16,18-20,27,29-30,33H,10-14H2,1-2H3,(H,25,34)(H,26,28,31)/t16?,18-,19-,20?,24+,38?/m0/s1. The van der Waals surface area contributed by atoms with Crippen molar-refractivity contribution in [2.24, 2.45) is 11.3 Å². The summed E-state index contributed by atoms with van der Waals surface area (Å²) in [7, 11) is -4.20. The molecule has 2 aliphatic heterocycles. The van der Waals surface area contributed by atoms with Gasteiger partial charge in [0.05, 0.1) is 24.5 Å². The van der Waals surface area contributed by atoms with Crippen LogP contribution < -0.4 is 10.4 Å². The minimum absolute atomic E-state index is 0.0376. The van der Waals surface area contributed by atoms with Gasteiger partial charge in [-0.05, 0) is 19.4 Å². The van der Waals surface area contributed by atoms with E-state index in [1.165, 1.54) is 6.08 Å². The van der Waals surface area contributed by atoms with Crippen molar-refractivity contribution >= 4 is 36.4 Å². The molecule has 1 aromatic carbocycles. The number of aliphatic hydroxyl groups excluding tert-OH is 3. The van der Waals surface area contributed by atoms with Crippen molar-refractivity contribution in [1.29, 1.82) is 0 Å². The van der Waals surface area contributed by atoms with Crippen LogP contribution in [0.5, 0.6) is 0 Å². The predicted octanol–water partition coefficient (Wildman–Crippen LogP) is -0.166. The molecule has 0 aromatic heterocycles. The normalized spacial score (nSPS) is 28.8. The van der Waals surface area contributed by atoms with E-state index >= 15 is 0 Å². The molecule has 1 saturated heterocycles. The molecule has 2 aliphatic rings. The zero-order valence-electron chi connectivity index (χ0n) is 21.4. The molecule has 13 nitrogen and oxygen atoms in total. The van der Waals surface area contributed by atoms with Crippen LogP contribution in [0.2, 0.25) is 0 Å². The fraction of sp³-hybridized carbons (Fsp3) is 0.542. The molecule has 0 aliphatic carbocycles. The average Bonchev–Trinajstić information content (AvgIpc) is 3.13. The van der Waals surface area contributed by atoms with E-state index in [0.29, 0.717) is 0 Å². The second-order valence-electron chi connectivity index (χ2n) is 9.70. The topological polar surface area (TPSA) is 201 Å². The second-order valence-corrected chi connectivity index (χ2v) is 12.6. The summed E-state index contributed by atoms with van der Waals surface area (Å²) in [6.07, 6.45) is -2.91. The Morgan fingerprint density at radius 2 is 1.92 bits per heavy atom. The van der Waals surface area contributed by atoms with E-state index in [1.807, 2.05) is 5.32 Å². The molecule has 6 atom stereocenters. The van der Waals surface area contributed by atoms with Gasteiger partial charge < -0.3 is 25.2 Å². The molecule has 0 spiro atoms. The lowest BCUT2D eigenvalue weighted by molar-refractivity contribution is -0.245. The van der Waals surface area contributed by atoms with Crippen molar-refractivity contribution in [3.63, 3.8) is 0 Å². The van der Waals surface area contributed by atoms with Crippen molar-refractivity contribution in [1.82, 2.24) is 10.4 Å². The molecule has 15 heteroatoms. The zero-order valence-corrected chi connectivity index (χ0v) is 23.1. The highest BCUT2D eigenvalue weighted by Gasteiger charge is 2.57. The molecule has 3 rings (SSSR count). The Kier molecular flexibility index (Phi) is 10.6. The first-order valence-electron chi connectivity index (χ1n) is 12.1. The number of benzene rings is 1. The molecule has 0 bridgehead atoms. The first-order chi connectivity index (χ1) is 18.3. The lowest BCUT2D eigenvalue weighted by atomic mass is 9.93. The van der Waals surface area contributed by atoms with E-state index in [9.17, 15) is 39.4 Å². The van der Waals surface area contributed by atoms with Gasteiger partial charge in [0.15, 0.2) is 5.12 Å². The van der Waals surface area contributed by atoms with E-state index in [4.69, 9.17) is 13.8 Å². The third-order valence-electron chi connectivity index (χ3n) is 6.11. The van der Waals surface area contributed by atoms with Crippen molar-refractivity contribution in [2.75, 3.05) is 25.6 Å². The Labute approximate surface area is 229 Å². The van der Waals surface area contributed by atoms with Crippen LogP contribution in [-0.4, -0.2) is 87.0 Å². The summed E-state index contributed by atoms with van der Waals surface area (Å²) >= 11 is 0.879. The molecular weight excluding hydrogens is 555 g/mol. The van der Waals surface area contributed by atoms with Crippen molar-refractivity contribution in [3.8, 4) is 0 Å². The molecule has 1 aromatic rings. The first kappa shape index (κ1) is 31.6. The third-order valence-corrected chi connectivity index (χ3v) is 8.83. The number of rotatable bonds is 13. The van der Waals surface area contributed by atoms with Gasteiger partial charge in [0, 0.05) is 18.4 Å². The van der Waals surface area contributed by atoms with E-state index in [1.54, 1.807) is 44.2 Å². The summed E-state index contributed by atoms with van der Waals surface area (Å²) in [5.74, 6) is -5.15. The molecule has 1 fully saturated rings. The van der Waals surface area contributed by atoms with Gasteiger partial charge in [-0.15, -0.1) is 0 Å². The van der Waals surface area contributed by atoms with Crippen LogP contribution in [0.25, 0.3) is 0 Å². The van der Waals surface area contributed by atoms with Crippen LogP contribution in [0.4, 0.5) is 0 Å². The largest absolute Gasteiger partial charge is 0.406 e. The number of nitrogens with one attached hydrogen (secondary N) is 2. The Hall–Kier alpha value is -1.97. The summed E-state index contributed by atoms with van der Waals surface area (Å²) in [4.78, 5) is 35.8. The van der Waals surface area contributed by atoms with Crippen molar-refractivity contribution < 1.29 is 53.2 Å². The number of carbonyl (C=O) groups is 3. The fourth-order valence-electron chi connectivity index (χ4n) is 3.65. The number of carbonyl (C=O) groups excluding carboxylic acids is 3. The SMILES string of the molecule is CC(C)(CO)C(=O)SCCOP(=O)(NCc1ccccc1)OC[C@@]1(O)O[C@@H](C2C=CC(=O)NC2=O)[C@H](O)C1O. The third kappa shape index (κ3) is 8.04. The minimum Gasteiger partial charge on any atom is -0.395 e. The molecule has 2 amide bonds. The van der Waals surface area contributed by atoms with Gasteiger partial charge in [0.2, 0.25) is 17.6 Å². The average molecular weight is 589 g/mol. The fourth-order valence-corrected chi connectivity index (χ4v) is 5.90. The van der Waals surface area contributed by atoms with Crippen LogP contribution in [0.15, 0.2) is 42.5 Å². The van der Waals surface area contributed by atoms with Gasteiger partial charge in [0.1, 0.15) is 24.9 Å². The minimum atomic E-state index is -4.20. The molecular formula is C24H33N2O11PS. The zero-order chi connectivity index (χ0) is 28.8. The molecule has 6 N–H and O–H groups in total. The van der Waals surface area contributed by atoms with Gasteiger partial charge in [-0.3, -0.25) is 28.7 Å². The monoisotopic (exact) mass is 588 g/mol. The Bertz CT molecular complexity index is 1120. The van der Waals surface area contributed by atoms with Crippen LogP contribution in [0.3, 0.4) is 0 Å². The summed E-state index contributed by atoms with van der Waals surface area (Å²) < 4.78 is 29.8. The lowest BCUT2D eigenvalue weighted by Crippen LogP contribution is -2.47. The van der Waals surface area contributed by atoms with Crippen LogP contribution >= 0.6 is 19.5 Å². The van der Waals surface area contributed by atoms with E-state index < -0.39 is 61.6 Å². The molecule has 0 radical (unpaired) electrons. The van der Waals surface area contributed by atoms with Gasteiger partial charge in [-0.2, -0.15) is 0 Å². The van der Waals surface area contributed by atoms with Crippen LogP contribution in [0, 0.1) is 11.3 Å². The van der Waals surface area contributed by atoms with Crippen molar-refractivity contribution in [2.45, 2.75) is 44.5 Å². The summed E-state index contributed by atoms with van der Waals surface area (Å²) in [6, 6.07) is 8.85. The van der Waals surface area contributed by atoms with Gasteiger partial charge in [0.25, 0.3) is 0 Å². The summed E-state index contributed by atoms with van der Waals surface area (Å²) in [5.41, 5.74) is -0.236. The highest BCUT2D eigenvalue weighted by molar-refractivity contribution is 8.13. The number of thioether (sulfide) groups is 1. The number of hydrogen-bond acceptors (Lipinski definition) is 12. The highest BCUT2D eigenvalue weighted by Crippen LogP contribution is 2.46. The number of ether oxygens (including phenoxy) is 1. The van der Waals surface area contributed by atoms with Gasteiger partial charge >= 0.3 is 7.75 Å². The maximum atomic E-state index is 13.5. The Morgan fingerprint density at radius 3 is 2.56 bits per heavy atom. The van der Waals surface area contributed by atoms with Gasteiger partial charge in [-0.25, -0.2) is 9.65 Å². The molecule has 216 valence electrons. The summed E-state index contributed by atoms with van der Waals surface area (Å²) in [5, 5.41) is 45.6. The van der Waals surface area contributed by atoms with Crippen LogP contribution in [-0.2, 0) is 39.3 Å². The first-order valence-corrected chi connectivity index (χ1v) is 14.6. The maximum absolute atomic E-state index is 13.5.